The van der Waals surface area contributed by atoms with E-state index in [1.165, 1.54) is 12.1 Å². The summed E-state index contributed by atoms with van der Waals surface area (Å²) in [5, 5.41) is 7.13. The van der Waals surface area contributed by atoms with Crippen LogP contribution in [0, 0.1) is 19.7 Å². The number of rotatable bonds is 6. The fourth-order valence-corrected chi connectivity index (χ4v) is 4.66. The van der Waals surface area contributed by atoms with Crippen LogP contribution in [0.2, 0.25) is 5.02 Å². The molecule has 0 radical (unpaired) electrons. The van der Waals surface area contributed by atoms with E-state index in [1.54, 1.807) is 20.1 Å². The molecule has 174 valence electrons. The molecule has 0 atom stereocenters. The third kappa shape index (κ3) is 4.48. The lowest BCUT2D eigenvalue weighted by Gasteiger charge is -2.38. The molecule has 2 aromatic carbocycles. The fraction of sp³-hybridized carbons (Fsp3) is 0.360. The Morgan fingerprint density at radius 3 is 2.70 bits per heavy atom. The molecular weight excluding hydrogens is 447 g/mol. The van der Waals surface area contributed by atoms with Gasteiger partial charge in [0.15, 0.2) is 0 Å². The number of carbonyl (C=O) groups excluding carboxylic acids is 1. The minimum absolute atomic E-state index is 0.0438. The zero-order valence-electron chi connectivity index (χ0n) is 18.8. The highest BCUT2D eigenvalue weighted by atomic mass is 35.5. The molecule has 2 heterocycles. The summed E-state index contributed by atoms with van der Waals surface area (Å²) in [6.45, 7) is 5.15. The third-order valence-electron chi connectivity index (χ3n) is 6.25. The lowest BCUT2D eigenvalue weighted by Crippen LogP contribution is -2.45. The largest absolute Gasteiger partial charge is 0.496 e. The number of hydrogen-bond donors (Lipinski definition) is 1. The normalized spacial score (nSPS) is 15.3. The number of aryl methyl sites for hydroxylation is 2. The number of nitrogens with zero attached hydrogens (tertiary/aromatic N) is 1. The summed E-state index contributed by atoms with van der Waals surface area (Å²) in [5.41, 5.74) is 2.07. The second kappa shape index (κ2) is 9.53. The van der Waals surface area contributed by atoms with Crippen LogP contribution in [0.5, 0.6) is 5.75 Å². The van der Waals surface area contributed by atoms with Crippen molar-refractivity contribution in [1.82, 2.24) is 10.5 Å². The number of halogens is 2. The maximum absolute atomic E-state index is 14.5. The van der Waals surface area contributed by atoms with Gasteiger partial charge in [0.25, 0.3) is 5.91 Å². The van der Waals surface area contributed by atoms with E-state index in [9.17, 15) is 9.18 Å². The van der Waals surface area contributed by atoms with Gasteiger partial charge in [0.2, 0.25) is 0 Å². The summed E-state index contributed by atoms with van der Waals surface area (Å²) < 4.78 is 31.1. The molecule has 1 aliphatic heterocycles. The molecule has 8 heteroatoms. The molecule has 33 heavy (non-hydrogen) atoms. The van der Waals surface area contributed by atoms with Crippen molar-refractivity contribution in [3.05, 3.63) is 69.7 Å². The number of carbonyl (C=O) groups is 1. The molecule has 1 saturated heterocycles. The first-order chi connectivity index (χ1) is 15.9. The van der Waals surface area contributed by atoms with E-state index >= 15 is 0 Å². The van der Waals surface area contributed by atoms with Gasteiger partial charge >= 0.3 is 0 Å². The van der Waals surface area contributed by atoms with Gasteiger partial charge in [-0.2, -0.15) is 0 Å². The maximum Gasteiger partial charge on any atom is 0.257 e. The molecule has 1 fully saturated rings. The van der Waals surface area contributed by atoms with Crippen molar-refractivity contribution >= 4 is 17.5 Å². The lowest BCUT2D eigenvalue weighted by atomic mass is 9.73. The van der Waals surface area contributed by atoms with Gasteiger partial charge in [0, 0.05) is 30.7 Å². The molecule has 0 unspecified atom stereocenters. The number of ether oxygens (including phenoxy) is 2. The van der Waals surface area contributed by atoms with Crippen molar-refractivity contribution in [1.29, 1.82) is 0 Å². The highest BCUT2D eigenvalue weighted by Gasteiger charge is 2.38. The minimum atomic E-state index is -0.574. The molecule has 6 nitrogen and oxygen atoms in total. The molecule has 0 spiro atoms. The smallest absolute Gasteiger partial charge is 0.257 e. The summed E-state index contributed by atoms with van der Waals surface area (Å²) in [5.74, 6) is 0.0866. The fourth-order valence-electron chi connectivity index (χ4n) is 4.41. The van der Waals surface area contributed by atoms with Gasteiger partial charge in [0.05, 0.1) is 17.7 Å². The van der Waals surface area contributed by atoms with Gasteiger partial charge in [0.1, 0.15) is 28.6 Å². The van der Waals surface area contributed by atoms with Crippen LogP contribution in [0.3, 0.4) is 0 Å². The quantitative estimate of drug-likeness (QED) is 0.531. The van der Waals surface area contributed by atoms with Gasteiger partial charge in [-0.3, -0.25) is 4.79 Å². The highest BCUT2D eigenvalue weighted by molar-refractivity contribution is 6.33. The predicted octanol–water partition coefficient (Wildman–Crippen LogP) is 5.24. The second-order valence-corrected chi connectivity index (χ2v) is 8.75. The Kier molecular flexibility index (Phi) is 6.72. The van der Waals surface area contributed by atoms with Crippen LogP contribution in [0.25, 0.3) is 11.3 Å². The average Bonchev–Trinajstić information content (AvgIpc) is 3.19. The Labute approximate surface area is 197 Å². The molecule has 0 aliphatic carbocycles. The summed E-state index contributed by atoms with van der Waals surface area (Å²) in [6.07, 6.45) is 1.45. The summed E-state index contributed by atoms with van der Waals surface area (Å²) in [7, 11) is 1.64. The van der Waals surface area contributed by atoms with Crippen LogP contribution in [0.15, 0.2) is 40.9 Å². The zero-order valence-corrected chi connectivity index (χ0v) is 19.6. The van der Waals surface area contributed by atoms with Crippen LogP contribution in [-0.4, -0.2) is 37.9 Å². The first-order valence-corrected chi connectivity index (χ1v) is 11.2. The zero-order chi connectivity index (χ0) is 23.6. The predicted molar refractivity (Wildman–Crippen MR) is 123 cm³/mol. The van der Waals surface area contributed by atoms with Gasteiger partial charge in [-0.25, -0.2) is 4.39 Å². The Morgan fingerprint density at radius 1 is 1.24 bits per heavy atom. The summed E-state index contributed by atoms with van der Waals surface area (Å²) >= 11 is 6.22. The number of amides is 1. The molecular formula is C25H26ClFN2O4. The summed E-state index contributed by atoms with van der Waals surface area (Å²) in [6, 6.07) is 10.4. The molecule has 1 aromatic heterocycles. The van der Waals surface area contributed by atoms with Gasteiger partial charge in [-0.05, 0) is 44.9 Å². The molecule has 3 aromatic rings. The van der Waals surface area contributed by atoms with Crippen molar-refractivity contribution in [2.45, 2.75) is 32.1 Å². The topological polar surface area (TPSA) is 73.6 Å². The lowest BCUT2D eigenvalue weighted by molar-refractivity contribution is 0.0478. The Hall–Kier alpha value is -2.90. The number of hydrogen-bond acceptors (Lipinski definition) is 5. The Morgan fingerprint density at radius 2 is 2.00 bits per heavy atom. The maximum atomic E-state index is 14.5. The van der Waals surface area contributed by atoms with E-state index in [1.807, 2.05) is 19.1 Å². The molecule has 0 bridgehead atoms. The van der Waals surface area contributed by atoms with E-state index in [0.29, 0.717) is 19.8 Å². The van der Waals surface area contributed by atoms with Crippen LogP contribution in [-0.2, 0) is 10.2 Å². The van der Waals surface area contributed by atoms with E-state index in [0.717, 1.165) is 29.7 Å². The van der Waals surface area contributed by atoms with E-state index in [4.69, 9.17) is 25.6 Å². The molecule has 0 saturated carbocycles. The monoisotopic (exact) mass is 472 g/mol. The van der Waals surface area contributed by atoms with E-state index in [-0.39, 0.29) is 33.0 Å². The standard InChI is InChI=1S/C25H26ClFN2O4/c1-15-7-8-20(31-3)17(13-15)25(9-11-32-12-10-25)14-28-24(30)21-16(2)33-29-23(21)22-18(26)5-4-6-19(22)27/h4-8,13H,9-12,14H2,1-3H3,(H,28,30). The summed E-state index contributed by atoms with van der Waals surface area (Å²) in [4.78, 5) is 13.3. The van der Waals surface area contributed by atoms with Crippen molar-refractivity contribution < 1.29 is 23.2 Å². The SMILES string of the molecule is COc1ccc(C)cc1C1(CNC(=O)c2c(-c3c(F)cccc3Cl)noc2C)CCOCC1. The molecule has 1 aliphatic rings. The minimum Gasteiger partial charge on any atom is -0.496 e. The van der Waals surface area contributed by atoms with Crippen molar-refractivity contribution in [3.8, 4) is 17.0 Å². The van der Waals surface area contributed by atoms with Gasteiger partial charge in [-0.1, -0.05) is 40.5 Å². The van der Waals surface area contributed by atoms with Crippen molar-refractivity contribution in [2.24, 2.45) is 0 Å². The average molecular weight is 473 g/mol. The van der Waals surface area contributed by atoms with E-state index in [2.05, 4.69) is 16.5 Å². The van der Waals surface area contributed by atoms with Crippen LogP contribution in [0.1, 0.15) is 40.1 Å². The Balaban J connectivity index is 1.67. The van der Waals surface area contributed by atoms with Crippen LogP contribution in [0.4, 0.5) is 4.39 Å². The molecule has 1 N–H and O–H groups in total. The molecule has 4 rings (SSSR count). The second-order valence-electron chi connectivity index (χ2n) is 8.34. The first kappa shape index (κ1) is 23.3. The van der Waals surface area contributed by atoms with Crippen LogP contribution < -0.4 is 10.1 Å². The Bertz CT molecular complexity index is 1150. The van der Waals surface area contributed by atoms with E-state index < -0.39 is 11.7 Å². The van der Waals surface area contributed by atoms with Gasteiger partial charge in [-0.15, -0.1) is 0 Å². The number of nitrogens with one attached hydrogen (secondary N) is 1. The number of aromatic nitrogens is 1. The van der Waals surface area contributed by atoms with Crippen molar-refractivity contribution in [3.63, 3.8) is 0 Å². The highest BCUT2D eigenvalue weighted by Crippen LogP contribution is 2.40. The van der Waals surface area contributed by atoms with Crippen LogP contribution >= 0.6 is 11.6 Å². The number of benzene rings is 2. The first-order valence-electron chi connectivity index (χ1n) is 10.8. The third-order valence-corrected chi connectivity index (χ3v) is 6.57. The molecule has 1 amide bonds. The van der Waals surface area contributed by atoms with Gasteiger partial charge < -0.3 is 19.3 Å². The van der Waals surface area contributed by atoms with Crippen molar-refractivity contribution in [2.75, 3.05) is 26.9 Å². The number of methoxy groups -OCH3 is 1.